The molecule has 1 fully saturated rings. The highest BCUT2D eigenvalue weighted by Gasteiger charge is 2.31. The van der Waals surface area contributed by atoms with Crippen molar-refractivity contribution in [3.63, 3.8) is 0 Å². The average molecular weight is 216 g/mol. The lowest BCUT2D eigenvalue weighted by Crippen LogP contribution is -2.23. The minimum atomic E-state index is 0.826. The molecule has 1 unspecified atom stereocenters. The average Bonchev–Trinajstić information content (AvgIpc) is 2.38. The van der Waals surface area contributed by atoms with E-state index in [1.165, 1.54) is 38.5 Å². The first-order valence-corrected chi connectivity index (χ1v) is 6.55. The highest BCUT2D eigenvalue weighted by Crippen LogP contribution is 2.45. The van der Waals surface area contributed by atoms with E-state index in [2.05, 4.69) is 18.2 Å². The van der Waals surface area contributed by atoms with E-state index in [9.17, 15) is 0 Å². The van der Waals surface area contributed by atoms with Crippen LogP contribution in [0.2, 0.25) is 0 Å². The van der Waals surface area contributed by atoms with E-state index in [4.69, 9.17) is 4.74 Å². The molecule has 1 heteroatoms. The van der Waals surface area contributed by atoms with Crippen molar-refractivity contribution < 1.29 is 4.74 Å². The summed E-state index contributed by atoms with van der Waals surface area (Å²) in [5, 5.41) is 0. The fraction of sp³-hybridized carbons (Fsp3) is 0.600. The van der Waals surface area contributed by atoms with Gasteiger partial charge in [0.05, 0.1) is 7.11 Å². The Morgan fingerprint density at radius 3 is 2.88 bits per heavy atom. The molecule has 16 heavy (non-hydrogen) atoms. The van der Waals surface area contributed by atoms with E-state index >= 15 is 0 Å². The van der Waals surface area contributed by atoms with Crippen LogP contribution < -0.4 is 4.74 Å². The molecule has 1 aromatic carbocycles. The van der Waals surface area contributed by atoms with Gasteiger partial charge in [-0.15, -0.1) is 0 Å². The third kappa shape index (κ3) is 1.63. The molecule has 2 aliphatic rings. The van der Waals surface area contributed by atoms with Crippen molar-refractivity contribution >= 4 is 0 Å². The summed E-state index contributed by atoms with van der Waals surface area (Å²) >= 11 is 0. The van der Waals surface area contributed by atoms with Crippen LogP contribution in [0.3, 0.4) is 0 Å². The fourth-order valence-electron chi connectivity index (χ4n) is 3.58. The van der Waals surface area contributed by atoms with Crippen molar-refractivity contribution in [1.29, 1.82) is 0 Å². The van der Waals surface area contributed by atoms with Crippen LogP contribution in [0, 0.1) is 5.92 Å². The van der Waals surface area contributed by atoms with Crippen molar-refractivity contribution in [3.8, 4) is 5.75 Å². The van der Waals surface area contributed by atoms with Gasteiger partial charge in [0.1, 0.15) is 5.75 Å². The van der Waals surface area contributed by atoms with Gasteiger partial charge in [-0.1, -0.05) is 18.9 Å². The molecule has 0 spiro atoms. The highest BCUT2D eigenvalue weighted by molar-refractivity contribution is 5.40. The predicted molar refractivity (Wildman–Crippen MR) is 66.0 cm³/mol. The van der Waals surface area contributed by atoms with Crippen LogP contribution in [0.25, 0.3) is 0 Å². The van der Waals surface area contributed by atoms with E-state index < -0.39 is 0 Å². The standard InChI is InChI=1S/C15H20O/c1-16-13-9-8-12-7-6-11-4-2-3-5-14(11)15(12)10-13/h8-11,14H,2-7H2,1H3/t11-,14?/m1/s1. The van der Waals surface area contributed by atoms with Gasteiger partial charge in [-0.3, -0.25) is 0 Å². The lowest BCUT2D eigenvalue weighted by Gasteiger charge is -2.37. The van der Waals surface area contributed by atoms with Crippen LogP contribution in [-0.2, 0) is 6.42 Å². The summed E-state index contributed by atoms with van der Waals surface area (Å²) in [6.45, 7) is 0. The summed E-state index contributed by atoms with van der Waals surface area (Å²) in [6, 6.07) is 6.68. The van der Waals surface area contributed by atoms with Crippen LogP contribution >= 0.6 is 0 Å². The summed E-state index contributed by atoms with van der Waals surface area (Å²) in [5.41, 5.74) is 3.17. The molecule has 2 atom stereocenters. The zero-order valence-electron chi connectivity index (χ0n) is 10.0. The van der Waals surface area contributed by atoms with Gasteiger partial charge in [-0.2, -0.15) is 0 Å². The minimum absolute atomic E-state index is 0.826. The molecular weight excluding hydrogens is 196 g/mol. The molecule has 0 bridgehead atoms. The second-order valence-corrected chi connectivity index (χ2v) is 5.25. The summed E-state index contributed by atoms with van der Waals surface area (Å²) in [6.07, 6.45) is 8.38. The molecule has 2 aliphatic carbocycles. The van der Waals surface area contributed by atoms with Crippen LogP contribution in [0.1, 0.15) is 49.1 Å². The molecule has 0 aromatic heterocycles. The Bertz CT molecular complexity index is 383. The van der Waals surface area contributed by atoms with Crippen molar-refractivity contribution in [2.24, 2.45) is 5.92 Å². The molecule has 0 aliphatic heterocycles. The summed E-state index contributed by atoms with van der Waals surface area (Å²) < 4.78 is 5.36. The number of hydrogen-bond acceptors (Lipinski definition) is 1. The Hall–Kier alpha value is -0.980. The van der Waals surface area contributed by atoms with E-state index in [0.29, 0.717) is 0 Å². The zero-order valence-corrected chi connectivity index (χ0v) is 10.0. The van der Waals surface area contributed by atoms with Crippen LogP contribution in [0.5, 0.6) is 5.75 Å². The maximum Gasteiger partial charge on any atom is 0.119 e. The number of ether oxygens (including phenoxy) is 1. The van der Waals surface area contributed by atoms with E-state index in [1.807, 2.05) is 0 Å². The second-order valence-electron chi connectivity index (χ2n) is 5.25. The van der Waals surface area contributed by atoms with Crippen LogP contribution in [0.4, 0.5) is 0 Å². The number of methoxy groups -OCH3 is 1. The molecule has 0 heterocycles. The largest absolute Gasteiger partial charge is 0.497 e. The van der Waals surface area contributed by atoms with Crippen LogP contribution in [-0.4, -0.2) is 7.11 Å². The van der Waals surface area contributed by atoms with Gasteiger partial charge in [-0.05, 0) is 60.8 Å². The number of benzene rings is 1. The van der Waals surface area contributed by atoms with Crippen molar-refractivity contribution in [3.05, 3.63) is 29.3 Å². The van der Waals surface area contributed by atoms with Gasteiger partial charge in [0.15, 0.2) is 0 Å². The summed E-state index contributed by atoms with van der Waals surface area (Å²) in [7, 11) is 1.77. The Labute approximate surface area is 97.8 Å². The Morgan fingerprint density at radius 2 is 2.00 bits per heavy atom. The van der Waals surface area contributed by atoms with E-state index in [1.54, 1.807) is 18.2 Å². The predicted octanol–water partition coefficient (Wildman–Crippen LogP) is 3.92. The lowest BCUT2D eigenvalue weighted by atomic mass is 9.68. The van der Waals surface area contributed by atoms with Gasteiger partial charge < -0.3 is 4.74 Å². The molecule has 1 saturated carbocycles. The minimum Gasteiger partial charge on any atom is -0.497 e. The first-order chi connectivity index (χ1) is 7.88. The maximum atomic E-state index is 5.36. The van der Waals surface area contributed by atoms with Gasteiger partial charge in [0.25, 0.3) is 0 Å². The zero-order chi connectivity index (χ0) is 11.0. The Balaban J connectivity index is 1.98. The summed E-state index contributed by atoms with van der Waals surface area (Å²) in [4.78, 5) is 0. The van der Waals surface area contributed by atoms with Gasteiger partial charge in [0.2, 0.25) is 0 Å². The maximum absolute atomic E-state index is 5.36. The third-order valence-corrected chi connectivity index (χ3v) is 4.45. The third-order valence-electron chi connectivity index (χ3n) is 4.45. The van der Waals surface area contributed by atoms with Gasteiger partial charge in [-0.25, -0.2) is 0 Å². The first kappa shape index (κ1) is 10.2. The van der Waals surface area contributed by atoms with E-state index in [-0.39, 0.29) is 0 Å². The smallest absolute Gasteiger partial charge is 0.119 e. The molecule has 0 saturated heterocycles. The van der Waals surface area contributed by atoms with Crippen molar-refractivity contribution in [2.75, 3.05) is 7.11 Å². The molecule has 0 N–H and O–H groups in total. The van der Waals surface area contributed by atoms with Gasteiger partial charge in [0, 0.05) is 0 Å². The molecule has 3 rings (SSSR count). The second kappa shape index (κ2) is 4.12. The monoisotopic (exact) mass is 216 g/mol. The van der Waals surface area contributed by atoms with E-state index in [0.717, 1.165) is 17.6 Å². The lowest BCUT2D eigenvalue weighted by molar-refractivity contribution is 0.275. The fourth-order valence-corrected chi connectivity index (χ4v) is 3.58. The molecule has 1 nitrogen and oxygen atoms in total. The van der Waals surface area contributed by atoms with Crippen molar-refractivity contribution in [1.82, 2.24) is 0 Å². The quantitative estimate of drug-likeness (QED) is 0.691. The molecule has 0 amide bonds. The summed E-state index contributed by atoms with van der Waals surface area (Å²) in [5.74, 6) is 2.81. The van der Waals surface area contributed by atoms with Crippen LogP contribution in [0.15, 0.2) is 18.2 Å². The molecule has 1 aromatic rings. The Morgan fingerprint density at radius 1 is 1.12 bits per heavy atom. The van der Waals surface area contributed by atoms with Gasteiger partial charge >= 0.3 is 0 Å². The highest BCUT2D eigenvalue weighted by atomic mass is 16.5. The normalized spacial score (nSPS) is 28.1. The molecule has 86 valence electrons. The Kier molecular flexibility index (Phi) is 2.62. The number of hydrogen-bond donors (Lipinski definition) is 0. The number of fused-ring (bicyclic) bond motifs is 3. The van der Waals surface area contributed by atoms with Crippen molar-refractivity contribution in [2.45, 2.75) is 44.4 Å². The SMILES string of the molecule is COc1ccc2c(c1)C1CCCC[C@@H]1CC2. The first-order valence-electron chi connectivity index (χ1n) is 6.55. The number of aryl methyl sites for hydroxylation is 1. The molecular formula is C15H20O. The number of rotatable bonds is 1. The topological polar surface area (TPSA) is 9.23 Å². The molecule has 0 radical (unpaired) electrons.